The van der Waals surface area contributed by atoms with E-state index in [4.69, 9.17) is 21.8 Å². The van der Waals surface area contributed by atoms with E-state index in [1.807, 2.05) is 0 Å². The average molecular weight is 329 g/mol. The molecule has 2 N–H and O–H groups in total. The largest absolute Gasteiger partial charge is 0.508 e. The van der Waals surface area contributed by atoms with E-state index < -0.39 is 0 Å². The normalized spacial score (nSPS) is 9.00. The second-order valence-electron chi connectivity index (χ2n) is 4.62. The van der Waals surface area contributed by atoms with Gasteiger partial charge in [-0.15, -0.1) is 0 Å². The van der Waals surface area contributed by atoms with Crippen molar-refractivity contribution in [2.24, 2.45) is 0 Å². The number of aliphatic hydroxyl groups excluding tert-OH is 1. The highest BCUT2D eigenvalue weighted by atomic mass is 35.5. The minimum Gasteiger partial charge on any atom is -0.508 e. The zero-order valence-electron chi connectivity index (χ0n) is 13.1. The Bertz CT molecular complexity index is 579. The molecule has 0 heterocycles. The van der Waals surface area contributed by atoms with E-state index in [0.29, 0.717) is 5.02 Å². The molecule has 120 valence electrons. The number of halogens is 1. The van der Waals surface area contributed by atoms with Gasteiger partial charge in [-0.3, -0.25) is 0 Å². The van der Waals surface area contributed by atoms with Gasteiger partial charge < -0.3 is 10.2 Å². The summed E-state index contributed by atoms with van der Waals surface area (Å²) in [6.45, 7) is 0. The van der Waals surface area contributed by atoms with Gasteiger partial charge in [-0.1, -0.05) is 72.3 Å². The number of benzene rings is 3. The third kappa shape index (κ3) is 8.05. The van der Waals surface area contributed by atoms with Crippen molar-refractivity contribution in [3.05, 3.63) is 101 Å². The van der Waals surface area contributed by atoms with E-state index in [2.05, 4.69) is 60.7 Å². The lowest BCUT2D eigenvalue weighted by Gasteiger charge is -2.00. The molecule has 2 nitrogen and oxygen atoms in total. The van der Waals surface area contributed by atoms with Crippen LogP contribution in [0, 0.1) is 0 Å². The number of phenols is 1. The number of rotatable bonds is 2. The molecule has 0 aliphatic heterocycles. The fraction of sp³-hybridized carbons (Fsp3) is 0.100. The lowest BCUT2D eigenvalue weighted by Crippen LogP contribution is -1.85. The first-order chi connectivity index (χ1) is 11.2. The summed E-state index contributed by atoms with van der Waals surface area (Å²) in [7, 11) is 1.00. The molecule has 0 bridgehead atoms. The van der Waals surface area contributed by atoms with Crippen LogP contribution in [0.1, 0.15) is 11.1 Å². The van der Waals surface area contributed by atoms with E-state index in [0.717, 1.165) is 13.5 Å². The van der Waals surface area contributed by atoms with Gasteiger partial charge in [0.05, 0.1) is 0 Å². The Hall–Kier alpha value is -2.29. The quantitative estimate of drug-likeness (QED) is 0.700. The summed E-state index contributed by atoms with van der Waals surface area (Å²) in [4.78, 5) is 0. The Balaban J connectivity index is 0.000000228. The van der Waals surface area contributed by atoms with Crippen LogP contribution in [0.4, 0.5) is 0 Å². The molecule has 0 aromatic heterocycles. The molecule has 0 atom stereocenters. The first kappa shape index (κ1) is 18.8. The number of phenolic OH excluding ortho intramolecular Hbond substituents is 1. The van der Waals surface area contributed by atoms with Gasteiger partial charge in [-0.25, -0.2) is 0 Å². The van der Waals surface area contributed by atoms with Crippen molar-refractivity contribution in [3.8, 4) is 5.75 Å². The van der Waals surface area contributed by atoms with Crippen molar-refractivity contribution in [3.63, 3.8) is 0 Å². The summed E-state index contributed by atoms with van der Waals surface area (Å²) in [6, 6.07) is 27.4. The van der Waals surface area contributed by atoms with Crippen molar-refractivity contribution in [2.45, 2.75) is 6.42 Å². The average Bonchev–Trinajstić information content (AvgIpc) is 2.62. The predicted octanol–water partition coefficient (Wildman–Crippen LogP) is 4.93. The third-order valence-corrected chi connectivity index (χ3v) is 3.17. The Morgan fingerprint density at radius 3 is 1.39 bits per heavy atom. The molecule has 0 aliphatic carbocycles. The van der Waals surface area contributed by atoms with E-state index >= 15 is 0 Å². The molecule has 0 saturated carbocycles. The second kappa shape index (κ2) is 11.3. The molecule has 0 amide bonds. The molecule has 3 aromatic carbocycles. The maximum atomic E-state index is 8.70. The van der Waals surface area contributed by atoms with Gasteiger partial charge in [-0.2, -0.15) is 0 Å². The molecule has 0 unspecified atom stereocenters. The highest BCUT2D eigenvalue weighted by Crippen LogP contribution is 2.12. The highest BCUT2D eigenvalue weighted by molar-refractivity contribution is 6.30. The van der Waals surface area contributed by atoms with Crippen molar-refractivity contribution >= 4 is 11.6 Å². The summed E-state index contributed by atoms with van der Waals surface area (Å²) in [5.41, 5.74) is 2.74. The zero-order valence-corrected chi connectivity index (χ0v) is 13.8. The van der Waals surface area contributed by atoms with Gasteiger partial charge in [-0.05, 0) is 41.8 Å². The molecule has 23 heavy (non-hydrogen) atoms. The number of hydrogen-bond donors (Lipinski definition) is 2. The number of hydrogen-bond acceptors (Lipinski definition) is 2. The Morgan fingerprint density at radius 2 is 1.04 bits per heavy atom. The molecule has 3 heteroatoms. The lowest BCUT2D eigenvalue weighted by atomic mass is 10.1. The topological polar surface area (TPSA) is 40.5 Å². The summed E-state index contributed by atoms with van der Waals surface area (Å²) in [5.74, 6) is 0.245. The van der Waals surface area contributed by atoms with Crippen molar-refractivity contribution in [1.29, 1.82) is 0 Å². The van der Waals surface area contributed by atoms with Crippen molar-refractivity contribution < 1.29 is 10.2 Å². The van der Waals surface area contributed by atoms with E-state index in [9.17, 15) is 0 Å². The Morgan fingerprint density at radius 1 is 0.652 bits per heavy atom. The predicted molar refractivity (Wildman–Crippen MR) is 96.9 cm³/mol. The lowest BCUT2D eigenvalue weighted by molar-refractivity contribution is 0.399. The van der Waals surface area contributed by atoms with Crippen molar-refractivity contribution in [2.75, 3.05) is 7.11 Å². The third-order valence-electron chi connectivity index (χ3n) is 2.92. The van der Waals surface area contributed by atoms with Gasteiger partial charge in [0.25, 0.3) is 0 Å². The molecule has 0 aliphatic rings. The van der Waals surface area contributed by atoms with Crippen LogP contribution in [0.2, 0.25) is 5.02 Å². The maximum Gasteiger partial charge on any atom is 0.115 e. The zero-order chi connectivity index (χ0) is 16.9. The Kier molecular flexibility index (Phi) is 9.22. The van der Waals surface area contributed by atoms with Crippen LogP contribution in [0.25, 0.3) is 0 Å². The number of aliphatic hydroxyl groups is 1. The maximum absolute atomic E-state index is 8.70. The van der Waals surface area contributed by atoms with Crippen LogP contribution in [-0.2, 0) is 6.42 Å². The SMILES string of the molecule is CO.Oc1ccc(Cl)cc1.c1ccc(Cc2ccccc2)cc1. The fourth-order valence-corrected chi connectivity index (χ4v) is 1.99. The fourth-order valence-electron chi connectivity index (χ4n) is 1.87. The van der Waals surface area contributed by atoms with Gasteiger partial charge >= 0.3 is 0 Å². The summed E-state index contributed by atoms with van der Waals surface area (Å²) in [5, 5.41) is 16.3. The van der Waals surface area contributed by atoms with Gasteiger partial charge in [0, 0.05) is 12.1 Å². The molecular weight excluding hydrogens is 308 g/mol. The smallest absolute Gasteiger partial charge is 0.115 e. The van der Waals surface area contributed by atoms with Crippen LogP contribution in [0.3, 0.4) is 0 Å². The molecular formula is C20H21ClO2. The van der Waals surface area contributed by atoms with Crippen LogP contribution in [0.5, 0.6) is 5.75 Å². The van der Waals surface area contributed by atoms with Gasteiger partial charge in [0.15, 0.2) is 0 Å². The summed E-state index contributed by atoms with van der Waals surface area (Å²) in [6.07, 6.45) is 1.03. The standard InChI is InChI=1S/C13H12.C6H5ClO.CH4O/c1-3-7-12(8-4-1)11-13-9-5-2-6-10-13;7-5-1-3-6(8)4-2-5;1-2/h1-10H,11H2;1-4,8H;2H,1H3. The molecule has 0 saturated heterocycles. The van der Waals surface area contributed by atoms with E-state index in [1.54, 1.807) is 24.3 Å². The van der Waals surface area contributed by atoms with Crippen LogP contribution < -0.4 is 0 Å². The number of aromatic hydroxyl groups is 1. The Labute approximate surface area is 142 Å². The monoisotopic (exact) mass is 328 g/mol. The minimum atomic E-state index is 0.245. The molecule has 0 fully saturated rings. The van der Waals surface area contributed by atoms with E-state index in [-0.39, 0.29) is 5.75 Å². The molecule has 0 spiro atoms. The van der Waals surface area contributed by atoms with Gasteiger partial charge in [0.1, 0.15) is 5.75 Å². The molecule has 3 aromatic rings. The van der Waals surface area contributed by atoms with Crippen LogP contribution in [-0.4, -0.2) is 17.3 Å². The first-order valence-electron chi connectivity index (χ1n) is 7.21. The molecule has 3 rings (SSSR count). The van der Waals surface area contributed by atoms with Crippen molar-refractivity contribution in [1.82, 2.24) is 0 Å². The first-order valence-corrected chi connectivity index (χ1v) is 7.59. The van der Waals surface area contributed by atoms with E-state index in [1.165, 1.54) is 11.1 Å². The summed E-state index contributed by atoms with van der Waals surface area (Å²) < 4.78 is 0. The van der Waals surface area contributed by atoms with Crippen LogP contribution >= 0.6 is 11.6 Å². The summed E-state index contributed by atoms with van der Waals surface area (Å²) >= 11 is 5.50. The highest BCUT2D eigenvalue weighted by Gasteiger charge is 1.92. The van der Waals surface area contributed by atoms with Gasteiger partial charge in [0.2, 0.25) is 0 Å². The van der Waals surface area contributed by atoms with Crippen LogP contribution in [0.15, 0.2) is 84.9 Å². The molecule has 0 radical (unpaired) electrons. The second-order valence-corrected chi connectivity index (χ2v) is 5.06. The minimum absolute atomic E-state index is 0.245.